The lowest BCUT2D eigenvalue weighted by Crippen LogP contribution is -2.30. The SMILES string of the molecule is CC/C=C\C/C=C\C/C=C\C/C=C\C/C=C\C/C=C\CCCCCCCCCCCCCCCCC(=O)OCC(O)COP(=O)(O)OCC(O)COP(=O)(O)OCC(COC(=O)CCCCCCCCC/C=C\C/C=C\C/C=C\C/C=C\C/C=C\CC)OC(=O)CCCCCCC/C=C\C/C=C\CCCCC. The standard InChI is InChI=1S/C89H150O16P2/c1-4-7-10-13-16-19-22-25-28-30-32-34-36-37-38-39-40-41-42-43-44-45-47-49-50-52-55-57-60-63-66-69-72-75-87(92)99-78-84(90)79-101-106(95,96)102-80-85(91)81-103-107(97,98)104-83-86(105-89(94)77-74-71-68-65-62-59-54-27-24-21-18-15-12-9-6-3)82-100-88(93)76-73-70-67-64-61-58-56-53-51-48-46-35-33-31-29-26-23-20-17-14-11-8-5-2/h7-8,10-11,16-21,25-29,32-35,37-38,40-41,48,51,54,84-86,90-91H,4-6,9,12-15,22-24,30-31,36,39,42-47,49-50,52-53,55-83H2,1-3H3,(H,95,96)(H,97,98)/b10-7-,11-8-,19-16-,20-17-,21-18-,28-25-,29-26-,34-32-,35-33-,38-37-,41-40-,51-48-,54-27-. The third-order valence-corrected chi connectivity index (χ3v) is 19.1. The van der Waals surface area contributed by atoms with Gasteiger partial charge in [0, 0.05) is 19.3 Å². The molecular weight excluding hydrogens is 1390 g/mol. The second kappa shape index (κ2) is 80.7. The Morgan fingerprint density at radius 1 is 0.271 bits per heavy atom. The molecule has 5 atom stereocenters. The van der Waals surface area contributed by atoms with Gasteiger partial charge in [0.15, 0.2) is 6.10 Å². The minimum absolute atomic E-state index is 0.0825. The number of aliphatic hydroxyl groups excluding tert-OH is 2. The molecule has 5 unspecified atom stereocenters. The van der Waals surface area contributed by atoms with E-state index in [0.29, 0.717) is 19.3 Å². The summed E-state index contributed by atoms with van der Waals surface area (Å²) in [6.45, 7) is 2.41. The zero-order valence-electron chi connectivity index (χ0n) is 67.0. The van der Waals surface area contributed by atoms with Crippen LogP contribution in [0.4, 0.5) is 0 Å². The number of ether oxygens (including phenoxy) is 3. The maximum atomic E-state index is 13.0. The van der Waals surface area contributed by atoms with Crippen LogP contribution in [0.2, 0.25) is 0 Å². The summed E-state index contributed by atoms with van der Waals surface area (Å²) in [5, 5.41) is 20.7. The highest BCUT2D eigenvalue weighted by Gasteiger charge is 2.29. The number of phosphoric acid groups is 2. The van der Waals surface area contributed by atoms with E-state index in [9.17, 15) is 43.5 Å². The molecule has 4 N–H and O–H groups in total. The largest absolute Gasteiger partial charge is 0.472 e. The monoisotopic (exact) mass is 1540 g/mol. The van der Waals surface area contributed by atoms with Crippen molar-refractivity contribution in [2.75, 3.05) is 39.6 Å². The van der Waals surface area contributed by atoms with Crippen molar-refractivity contribution in [3.63, 3.8) is 0 Å². The van der Waals surface area contributed by atoms with Crippen molar-refractivity contribution >= 4 is 33.6 Å². The summed E-state index contributed by atoms with van der Waals surface area (Å²) in [6, 6.07) is 0. The van der Waals surface area contributed by atoms with Crippen LogP contribution in [0.15, 0.2) is 158 Å². The van der Waals surface area contributed by atoms with Crippen LogP contribution in [0.25, 0.3) is 0 Å². The first-order chi connectivity index (χ1) is 52.2. The molecule has 16 nitrogen and oxygen atoms in total. The van der Waals surface area contributed by atoms with E-state index >= 15 is 0 Å². The molecule has 0 fully saturated rings. The zero-order chi connectivity index (χ0) is 78.0. The van der Waals surface area contributed by atoms with Crippen LogP contribution in [0.5, 0.6) is 0 Å². The molecule has 0 spiro atoms. The molecule has 0 heterocycles. The summed E-state index contributed by atoms with van der Waals surface area (Å²) in [5.74, 6) is -1.60. The van der Waals surface area contributed by atoms with Crippen LogP contribution in [-0.2, 0) is 55.8 Å². The summed E-state index contributed by atoms with van der Waals surface area (Å²) in [6.07, 6.45) is 101. The highest BCUT2D eigenvalue weighted by atomic mass is 31.2. The molecule has 0 bridgehead atoms. The predicted octanol–water partition coefficient (Wildman–Crippen LogP) is 25.0. The Morgan fingerprint density at radius 3 is 0.785 bits per heavy atom. The van der Waals surface area contributed by atoms with Gasteiger partial charge in [-0.3, -0.25) is 32.5 Å². The Kier molecular flexibility index (Phi) is 77.0. The van der Waals surface area contributed by atoms with E-state index in [2.05, 4.69) is 179 Å². The average Bonchev–Trinajstić information content (AvgIpc) is 0.908. The summed E-state index contributed by atoms with van der Waals surface area (Å²) in [7, 11) is -9.81. The fraction of sp³-hybridized carbons (Fsp3) is 0.674. The van der Waals surface area contributed by atoms with Crippen molar-refractivity contribution < 1.29 is 75.8 Å². The van der Waals surface area contributed by atoms with Crippen LogP contribution in [0, 0.1) is 0 Å². The van der Waals surface area contributed by atoms with Crippen LogP contribution >= 0.6 is 15.6 Å². The van der Waals surface area contributed by atoms with E-state index in [1.165, 1.54) is 83.5 Å². The first-order valence-electron chi connectivity index (χ1n) is 41.8. The van der Waals surface area contributed by atoms with Gasteiger partial charge in [0.05, 0.1) is 26.4 Å². The third kappa shape index (κ3) is 82.0. The van der Waals surface area contributed by atoms with Crippen LogP contribution in [0.1, 0.15) is 329 Å². The van der Waals surface area contributed by atoms with Gasteiger partial charge >= 0.3 is 33.6 Å². The summed E-state index contributed by atoms with van der Waals surface area (Å²) in [4.78, 5) is 58.7. The normalized spacial score (nSPS) is 14.7. The first-order valence-corrected chi connectivity index (χ1v) is 44.8. The lowest BCUT2D eigenvalue weighted by Gasteiger charge is -2.21. The predicted molar refractivity (Wildman–Crippen MR) is 445 cm³/mol. The van der Waals surface area contributed by atoms with Crippen molar-refractivity contribution in [3.8, 4) is 0 Å². The summed E-state index contributed by atoms with van der Waals surface area (Å²) >= 11 is 0. The minimum Gasteiger partial charge on any atom is -0.463 e. The Hall–Kier alpha value is -4.83. The summed E-state index contributed by atoms with van der Waals surface area (Å²) in [5.41, 5.74) is 0. The van der Waals surface area contributed by atoms with Crippen molar-refractivity contribution in [1.29, 1.82) is 0 Å². The van der Waals surface area contributed by atoms with Crippen molar-refractivity contribution in [1.82, 2.24) is 0 Å². The van der Waals surface area contributed by atoms with E-state index in [1.54, 1.807) is 0 Å². The van der Waals surface area contributed by atoms with E-state index in [-0.39, 0.29) is 19.3 Å². The van der Waals surface area contributed by atoms with Gasteiger partial charge in [-0.25, -0.2) is 9.13 Å². The minimum atomic E-state index is -4.94. The molecule has 612 valence electrons. The lowest BCUT2D eigenvalue weighted by atomic mass is 10.0. The van der Waals surface area contributed by atoms with Crippen LogP contribution < -0.4 is 0 Å². The van der Waals surface area contributed by atoms with Crippen molar-refractivity contribution in [3.05, 3.63) is 158 Å². The van der Waals surface area contributed by atoms with Gasteiger partial charge in [0.2, 0.25) is 0 Å². The molecule has 18 heteroatoms. The topological polar surface area (TPSA) is 231 Å². The van der Waals surface area contributed by atoms with Crippen molar-refractivity contribution in [2.45, 2.75) is 347 Å². The third-order valence-electron chi connectivity index (χ3n) is 17.2. The highest BCUT2D eigenvalue weighted by molar-refractivity contribution is 7.47. The number of esters is 3. The molecule has 0 radical (unpaired) electrons. The smallest absolute Gasteiger partial charge is 0.463 e. The number of aliphatic hydroxyl groups is 2. The molecule has 107 heavy (non-hydrogen) atoms. The molecule has 0 rings (SSSR count). The molecule has 0 amide bonds. The lowest BCUT2D eigenvalue weighted by molar-refractivity contribution is -0.161. The van der Waals surface area contributed by atoms with Gasteiger partial charge < -0.3 is 34.2 Å². The first kappa shape index (κ1) is 102. The number of rotatable bonds is 78. The van der Waals surface area contributed by atoms with Gasteiger partial charge in [-0.1, -0.05) is 320 Å². The maximum Gasteiger partial charge on any atom is 0.472 e. The Morgan fingerprint density at radius 2 is 0.495 bits per heavy atom. The molecule has 0 aliphatic rings. The van der Waals surface area contributed by atoms with Gasteiger partial charge in [-0.05, 0) is 148 Å². The fourth-order valence-electron chi connectivity index (χ4n) is 10.9. The molecule has 0 aliphatic heterocycles. The molecule has 0 aromatic rings. The van der Waals surface area contributed by atoms with E-state index in [4.69, 9.17) is 32.3 Å². The number of carbonyl (C=O) groups excluding carboxylic acids is 3. The maximum absolute atomic E-state index is 13.0. The Labute approximate surface area is 650 Å². The quantitative estimate of drug-likeness (QED) is 0.0146. The molecule has 0 aliphatic carbocycles. The van der Waals surface area contributed by atoms with E-state index in [1.807, 2.05) is 0 Å². The Bertz CT molecular complexity index is 2580. The van der Waals surface area contributed by atoms with Gasteiger partial charge in [0.1, 0.15) is 25.4 Å². The van der Waals surface area contributed by atoms with E-state index < -0.39 is 91.5 Å². The number of allylic oxidation sites excluding steroid dienone is 26. The fourth-order valence-corrected chi connectivity index (χ4v) is 12.5. The second-order valence-electron chi connectivity index (χ2n) is 27.5. The molecule has 0 saturated heterocycles. The van der Waals surface area contributed by atoms with Gasteiger partial charge in [0.25, 0.3) is 0 Å². The highest BCUT2D eigenvalue weighted by Crippen LogP contribution is 2.45. The number of hydrogen-bond acceptors (Lipinski definition) is 14. The molecule has 0 aromatic heterocycles. The number of carbonyl (C=O) groups is 3. The molecule has 0 aromatic carbocycles. The Balaban J connectivity index is 4.49. The van der Waals surface area contributed by atoms with E-state index in [0.717, 1.165) is 186 Å². The molecule has 0 saturated carbocycles. The number of unbranched alkanes of at least 4 members (excludes halogenated alkanes) is 29. The van der Waals surface area contributed by atoms with Gasteiger partial charge in [-0.15, -0.1) is 0 Å². The average molecular weight is 1540 g/mol. The van der Waals surface area contributed by atoms with Gasteiger partial charge in [-0.2, -0.15) is 0 Å². The van der Waals surface area contributed by atoms with Crippen LogP contribution in [0.3, 0.4) is 0 Å². The zero-order valence-corrected chi connectivity index (χ0v) is 68.8. The second-order valence-corrected chi connectivity index (χ2v) is 30.4. The summed E-state index contributed by atoms with van der Waals surface area (Å²) < 4.78 is 61.2. The molecular formula is C89H150O16P2. The van der Waals surface area contributed by atoms with Crippen molar-refractivity contribution in [2.24, 2.45) is 0 Å². The number of phosphoric ester groups is 2. The number of hydrogen-bond donors (Lipinski definition) is 4. The van der Waals surface area contributed by atoms with Crippen LogP contribution in [-0.4, -0.2) is 95.9 Å².